The number of benzene rings is 1. The van der Waals surface area contributed by atoms with Crippen LogP contribution < -0.4 is 5.32 Å². The number of carbonyl (C=O) groups is 2. The molecular formula is C15H19NO4. The zero-order chi connectivity index (χ0) is 14.5. The van der Waals surface area contributed by atoms with Crippen LogP contribution in [0.15, 0.2) is 24.3 Å². The van der Waals surface area contributed by atoms with E-state index < -0.39 is 5.97 Å². The summed E-state index contributed by atoms with van der Waals surface area (Å²) in [4.78, 5) is 22.7. The maximum absolute atomic E-state index is 12.0. The summed E-state index contributed by atoms with van der Waals surface area (Å²) in [5.74, 6) is -0.809. The first-order valence-corrected chi connectivity index (χ1v) is 6.85. The highest BCUT2D eigenvalue weighted by molar-refractivity contribution is 5.95. The molecule has 1 aliphatic rings. The van der Waals surface area contributed by atoms with Crippen LogP contribution in [0.4, 0.5) is 0 Å². The zero-order valence-electron chi connectivity index (χ0n) is 11.5. The van der Waals surface area contributed by atoms with Gasteiger partial charge in [-0.3, -0.25) is 4.79 Å². The highest BCUT2D eigenvalue weighted by atomic mass is 16.5. The second-order valence-electron chi connectivity index (χ2n) is 4.96. The van der Waals surface area contributed by atoms with Crippen LogP contribution in [0, 0.1) is 5.92 Å². The van der Waals surface area contributed by atoms with Gasteiger partial charge in [-0.1, -0.05) is 6.92 Å². The molecule has 0 aromatic heterocycles. The Kier molecular flexibility index (Phi) is 4.74. The van der Waals surface area contributed by atoms with Gasteiger partial charge in [0.15, 0.2) is 0 Å². The summed E-state index contributed by atoms with van der Waals surface area (Å²) in [5, 5.41) is 11.7. The smallest absolute Gasteiger partial charge is 0.335 e. The lowest BCUT2D eigenvalue weighted by Crippen LogP contribution is -2.32. The average molecular weight is 277 g/mol. The number of ether oxygens (including phenoxy) is 1. The fraction of sp³-hybridized carbons (Fsp3) is 0.467. The molecule has 1 aliphatic heterocycles. The van der Waals surface area contributed by atoms with Crippen molar-refractivity contribution in [1.82, 2.24) is 5.32 Å². The van der Waals surface area contributed by atoms with Crippen molar-refractivity contribution >= 4 is 11.9 Å². The summed E-state index contributed by atoms with van der Waals surface area (Å²) in [5.41, 5.74) is 0.652. The summed E-state index contributed by atoms with van der Waals surface area (Å²) in [7, 11) is 0. The number of rotatable bonds is 5. The maximum Gasteiger partial charge on any atom is 0.335 e. The van der Waals surface area contributed by atoms with Crippen LogP contribution in [0.5, 0.6) is 0 Å². The monoisotopic (exact) mass is 277 g/mol. The second kappa shape index (κ2) is 6.52. The minimum Gasteiger partial charge on any atom is -0.478 e. The van der Waals surface area contributed by atoms with Crippen LogP contribution in [0.2, 0.25) is 0 Å². The minimum absolute atomic E-state index is 0.177. The SMILES string of the molecule is CCC1OCCC1CNC(=O)c1ccc(C(=O)O)cc1. The van der Waals surface area contributed by atoms with Crippen LogP contribution in [0.25, 0.3) is 0 Å². The third kappa shape index (κ3) is 3.36. The second-order valence-corrected chi connectivity index (χ2v) is 4.96. The molecule has 0 saturated carbocycles. The van der Waals surface area contributed by atoms with Crippen LogP contribution >= 0.6 is 0 Å². The van der Waals surface area contributed by atoms with Crippen molar-refractivity contribution in [3.63, 3.8) is 0 Å². The van der Waals surface area contributed by atoms with Crippen molar-refractivity contribution in [3.8, 4) is 0 Å². The third-order valence-electron chi connectivity index (χ3n) is 3.67. The van der Waals surface area contributed by atoms with Crippen LogP contribution in [-0.4, -0.2) is 36.2 Å². The third-order valence-corrected chi connectivity index (χ3v) is 3.67. The van der Waals surface area contributed by atoms with Crippen molar-refractivity contribution in [2.24, 2.45) is 5.92 Å². The first-order valence-electron chi connectivity index (χ1n) is 6.85. The normalized spacial score (nSPS) is 21.6. The van der Waals surface area contributed by atoms with E-state index in [2.05, 4.69) is 12.2 Å². The van der Waals surface area contributed by atoms with E-state index in [0.29, 0.717) is 18.0 Å². The summed E-state index contributed by atoms with van der Waals surface area (Å²) in [6.45, 7) is 3.43. The lowest BCUT2D eigenvalue weighted by atomic mass is 9.99. The van der Waals surface area contributed by atoms with E-state index in [1.54, 1.807) is 0 Å². The van der Waals surface area contributed by atoms with Crippen LogP contribution in [0.1, 0.15) is 40.5 Å². The summed E-state index contributed by atoms with van der Waals surface area (Å²) >= 11 is 0. The van der Waals surface area contributed by atoms with E-state index in [-0.39, 0.29) is 17.6 Å². The molecule has 1 aromatic carbocycles. The van der Waals surface area contributed by atoms with Crippen molar-refractivity contribution in [1.29, 1.82) is 0 Å². The minimum atomic E-state index is -0.995. The van der Waals surface area contributed by atoms with E-state index >= 15 is 0 Å². The highest BCUT2D eigenvalue weighted by Crippen LogP contribution is 2.22. The Morgan fingerprint density at radius 3 is 2.55 bits per heavy atom. The van der Waals surface area contributed by atoms with Gasteiger partial charge in [-0.2, -0.15) is 0 Å². The molecule has 5 nitrogen and oxygen atoms in total. The molecule has 2 N–H and O–H groups in total. The Hall–Kier alpha value is -1.88. The molecule has 1 aromatic rings. The number of carbonyl (C=O) groups excluding carboxylic acids is 1. The van der Waals surface area contributed by atoms with Gasteiger partial charge < -0.3 is 15.2 Å². The lowest BCUT2D eigenvalue weighted by Gasteiger charge is -2.17. The summed E-state index contributed by atoms with van der Waals surface area (Å²) < 4.78 is 5.58. The fourth-order valence-electron chi connectivity index (χ4n) is 2.47. The van der Waals surface area contributed by atoms with Gasteiger partial charge in [0.25, 0.3) is 5.91 Å². The molecule has 0 aliphatic carbocycles. The molecule has 20 heavy (non-hydrogen) atoms. The predicted molar refractivity (Wildman–Crippen MR) is 73.9 cm³/mol. The molecule has 1 heterocycles. The molecule has 0 bridgehead atoms. The van der Waals surface area contributed by atoms with E-state index in [0.717, 1.165) is 19.4 Å². The van der Waals surface area contributed by atoms with Crippen LogP contribution in [0.3, 0.4) is 0 Å². The molecule has 1 fully saturated rings. The molecule has 1 amide bonds. The molecule has 108 valence electrons. The van der Waals surface area contributed by atoms with Gasteiger partial charge in [0.2, 0.25) is 0 Å². The standard InChI is InChI=1S/C15H19NO4/c1-2-13-12(7-8-20-13)9-16-14(17)10-3-5-11(6-4-10)15(18)19/h3-6,12-13H,2,7-9H2,1H3,(H,16,17)(H,18,19). The molecule has 1 saturated heterocycles. The number of aromatic carboxylic acids is 1. The molecule has 2 rings (SSSR count). The Labute approximate surface area is 117 Å². The van der Waals surface area contributed by atoms with Gasteiger partial charge in [0.05, 0.1) is 11.7 Å². The Morgan fingerprint density at radius 2 is 1.95 bits per heavy atom. The molecule has 0 radical (unpaired) electrons. The molecular weight excluding hydrogens is 258 g/mol. The fourth-order valence-corrected chi connectivity index (χ4v) is 2.47. The Balaban J connectivity index is 1.90. The number of hydrogen-bond acceptors (Lipinski definition) is 3. The van der Waals surface area contributed by atoms with Crippen LogP contribution in [-0.2, 0) is 4.74 Å². The van der Waals surface area contributed by atoms with Gasteiger partial charge in [-0.05, 0) is 37.1 Å². The number of nitrogens with one attached hydrogen (secondary N) is 1. The molecule has 0 spiro atoms. The predicted octanol–water partition coefficient (Wildman–Crippen LogP) is 1.93. The number of hydrogen-bond donors (Lipinski definition) is 2. The molecule has 2 unspecified atom stereocenters. The zero-order valence-corrected chi connectivity index (χ0v) is 11.5. The summed E-state index contributed by atoms with van der Waals surface area (Å²) in [6.07, 6.45) is 2.15. The Morgan fingerprint density at radius 1 is 1.30 bits per heavy atom. The van der Waals surface area contributed by atoms with Gasteiger partial charge >= 0.3 is 5.97 Å². The van der Waals surface area contributed by atoms with Gasteiger partial charge in [0, 0.05) is 24.6 Å². The number of carboxylic acids is 1. The quantitative estimate of drug-likeness (QED) is 0.862. The topological polar surface area (TPSA) is 75.6 Å². The van der Waals surface area contributed by atoms with E-state index in [1.807, 2.05) is 0 Å². The first-order chi connectivity index (χ1) is 9.61. The largest absolute Gasteiger partial charge is 0.478 e. The summed E-state index contributed by atoms with van der Waals surface area (Å²) in [6, 6.07) is 5.93. The first kappa shape index (κ1) is 14.5. The van der Waals surface area contributed by atoms with Crippen molar-refractivity contribution < 1.29 is 19.4 Å². The van der Waals surface area contributed by atoms with Crippen molar-refractivity contribution in [2.45, 2.75) is 25.9 Å². The Bertz CT molecular complexity index is 483. The van der Waals surface area contributed by atoms with Gasteiger partial charge in [0.1, 0.15) is 0 Å². The van der Waals surface area contributed by atoms with Gasteiger partial charge in [-0.25, -0.2) is 4.79 Å². The maximum atomic E-state index is 12.0. The van der Waals surface area contributed by atoms with E-state index in [9.17, 15) is 9.59 Å². The number of amides is 1. The molecule has 5 heteroatoms. The number of carboxylic acid groups (broad SMARTS) is 1. The van der Waals surface area contributed by atoms with E-state index in [1.165, 1.54) is 24.3 Å². The van der Waals surface area contributed by atoms with Crippen molar-refractivity contribution in [3.05, 3.63) is 35.4 Å². The van der Waals surface area contributed by atoms with E-state index in [4.69, 9.17) is 9.84 Å². The average Bonchev–Trinajstić information content (AvgIpc) is 2.92. The highest BCUT2D eigenvalue weighted by Gasteiger charge is 2.26. The molecule has 2 atom stereocenters. The lowest BCUT2D eigenvalue weighted by molar-refractivity contribution is 0.0696. The van der Waals surface area contributed by atoms with Gasteiger partial charge in [-0.15, -0.1) is 0 Å². The van der Waals surface area contributed by atoms with Crippen molar-refractivity contribution in [2.75, 3.05) is 13.2 Å².